The molecule has 5 heteroatoms. The Hall–Kier alpha value is -2.53. The number of ether oxygens (including phenoxy) is 2. The topological polar surface area (TPSA) is 50.8 Å². The number of amides is 1. The molecule has 2 heterocycles. The van der Waals surface area contributed by atoms with Crippen molar-refractivity contribution >= 4 is 5.91 Å². The van der Waals surface area contributed by atoms with E-state index in [1.807, 2.05) is 42.5 Å². The van der Waals surface area contributed by atoms with E-state index >= 15 is 0 Å². The zero-order chi connectivity index (χ0) is 18.7. The fourth-order valence-corrected chi connectivity index (χ4v) is 4.12. The molecule has 1 N–H and O–H groups in total. The highest BCUT2D eigenvalue weighted by atomic mass is 16.5. The summed E-state index contributed by atoms with van der Waals surface area (Å²) in [6.07, 6.45) is 2.94. The van der Waals surface area contributed by atoms with E-state index in [0.29, 0.717) is 6.61 Å². The zero-order valence-corrected chi connectivity index (χ0v) is 15.7. The summed E-state index contributed by atoms with van der Waals surface area (Å²) in [7, 11) is 1.66. The highest BCUT2D eigenvalue weighted by Crippen LogP contribution is 2.30. The minimum absolute atomic E-state index is 0.0689. The Labute approximate surface area is 160 Å². The van der Waals surface area contributed by atoms with E-state index in [2.05, 4.69) is 16.3 Å². The Morgan fingerprint density at radius 2 is 1.85 bits per heavy atom. The molecule has 1 saturated heterocycles. The van der Waals surface area contributed by atoms with Crippen molar-refractivity contribution in [2.45, 2.75) is 24.8 Å². The van der Waals surface area contributed by atoms with Crippen LogP contribution in [0.15, 0.2) is 48.5 Å². The van der Waals surface area contributed by atoms with Crippen molar-refractivity contribution in [1.82, 2.24) is 10.2 Å². The first kappa shape index (κ1) is 17.9. The number of carbonyl (C=O) groups excluding carboxylic acids is 1. The summed E-state index contributed by atoms with van der Waals surface area (Å²) in [6.45, 7) is 3.37. The van der Waals surface area contributed by atoms with Gasteiger partial charge in [-0.15, -0.1) is 0 Å². The van der Waals surface area contributed by atoms with Crippen molar-refractivity contribution in [3.05, 3.63) is 59.7 Å². The molecular formula is C22H26N2O3. The van der Waals surface area contributed by atoms with Gasteiger partial charge in [-0.2, -0.15) is 0 Å². The van der Waals surface area contributed by atoms with Crippen molar-refractivity contribution < 1.29 is 14.3 Å². The molecule has 0 saturated carbocycles. The number of likely N-dealkylation sites (tertiary alicyclic amines) is 1. The Morgan fingerprint density at radius 3 is 2.67 bits per heavy atom. The Bertz CT molecular complexity index is 805. The average Bonchev–Trinajstić information content (AvgIpc) is 3.03. The normalized spacial score (nSPS) is 22.2. The molecule has 1 fully saturated rings. The van der Waals surface area contributed by atoms with Gasteiger partial charge in [-0.1, -0.05) is 18.2 Å². The quantitative estimate of drug-likeness (QED) is 0.884. The number of fused-ring (bicyclic) bond motifs is 1. The van der Waals surface area contributed by atoms with E-state index in [4.69, 9.17) is 9.47 Å². The number of aryl methyl sites for hydroxylation is 1. The Balaban J connectivity index is 1.31. The molecule has 0 bridgehead atoms. The summed E-state index contributed by atoms with van der Waals surface area (Å²) < 4.78 is 11.0. The van der Waals surface area contributed by atoms with Crippen molar-refractivity contribution in [2.75, 3.05) is 33.4 Å². The van der Waals surface area contributed by atoms with Crippen LogP contribution in [0, 0.1) is 0 Å². The van der Waals surface area contributed by atoms with E-state index in [-0.39, 0.29) is 11.4 Å². The van der Waals surface area contributed by atoms with Crippen LogP contribution in [-0.4, -0.2) is 49.7 Å². The molecular weight excluding hydrogens is 340 g/mol. The molecule has 2 aromatic carbocycles. The summed E-state index contributed by atoms with van der Waals surface area (Å²) in [5.74, 6) is 1.75. The van der Waals surface area contributed by atoms with Crippen LogP contribution in [0.2, 0.25) is 0 Å². The molecule has 2 aliphatic rings. The molecule has 2 aliphatic heterocycles. The number of hydrogen-bond acceptors (Lipinski definition) is 4. The number of rotatable bonds is 5. The van der Waals surface area contributed by atoms with E-state index in [1.165, 1.54) is 0 Å². The number of hydrogen-bond donors (Lipinski definition) is 1. The second-order valence-electron chi connectivity index (χ2n) is 7.44. The second-order valence-corrected chi connectivity index (χ2v) is 7.44. The lowest BCUT2D eigenvalue weighted by molar-refractivity contribution is 0.0901. The van der Waals surface area contributed by atoms with Gasteiger partial charge in [-0.05, 0) is 55.2 Å². The summed E-state index contributed by atoms with van der Waals surface area (Å²) in [5.41, 5.74) is 1.87. The fraction of sp³-hybridized carbons (Fsp3) is 0.409. The number of benzene rings is 2. The van der Waals surface area contributed by atoms with Crippen molar-refractivity contribution in [3.63, 3.8) is 0 Å². The molecule has 2 aromatic rings. The van der Waals surface area contributed by atoms with Crippen LogP contribution < -0.4 is 14.8 Å². The fourth-order valence-electron chi connectivity index (χ4n) is 4.12. The monoisotopic (exact) mass is 366 g/mol. The van der Waals surface area contributed by atoms with Crippen LogP contribution in [0.25, 0.3) is 0 Å². The lowest BCUT2D eigenvalue weighted by Crippen LogP contribution is -2.49. The number of methoxy groups -OCH3 is 1. The van der Waals surface area contributed by atoms with Crippen LogP contribution in [0.4, 0.5) is 0 Å². The third kappa shape index (κ3) is 3.93. The van der Waals surface area contributed by atoms with Crippen LogP contribution in [0.5, 0.6) is 11.5 Å². The number of carbonyl (C=O) groups is 1. The van der Waals surface area contributed by atoms with E-state index in [9.17, 15) is 4.79 Å². The molecule has 1 amide bonds. The maximum absolute atomic E-state index is 12.7. The molecule has 1 spiro atoms. The molecule has 1 unspecified atom stereocenters. The van der Waals surface area contributed by atoms with Crippen LogP contribution in [0.3, 0.4) is 0 Å². The van der Waals surface area contributed by atoms with Gasteiger partial charge in [0, 0.05) is 25.2 Å². The number of nitrogens with one attached hydrogen (secondary N) is 1. The van der Waals surface area contributed by atoms with E-state index in [0.717, 1.165) is 61.5 Å². The van der Waals surface area contributed by atoms with Gasteiger partial charge in [0.15, 0.2) is 0 Å². The van der Waals surface area contributed by atoms with Gasteiger partial charge in [-0.25, -0.2) is 0 Å². The smallest absolute Gasteiger partial charge is 0.252 e. The van der Waals surface area contributed by atoms with Crippen molar-refractivity contribution in [2.24, 2.45) is 0 Å². The molecule has 4 rings (SSSR count). The van der Waals surface area contributed by atoms with Crippen LogP contribution in [-0.2, 0) is 6.42 Å². The second kappa shape index (κ2) is 7.61. The highest BCUT2D eigenvalue weighted by molar-refractivity contribution is 5.96. The van der Waals surface area contributed by atoms with Crippen LogP contribution >= 0.6 is 0 Å². The summed E-state index contributed by atoms with van der Waals surface area (Å²) >= 11 is 0. The molecule has 5 nitrogen and oxygen atoms in total. The maximum atomic E-state index is 12.7. The van der Waals surface area contributed by atoms with Gasteiger partial charge >= 0.3 is 0 Å². The Morgan fingerprint density at radius 1 is 1.07 bits per heavy atom. The first-order valence-electron chi connectivity index (χ1n) is 9.57. The zero-order valence-electron chi connectivity index (χ0n) is 15.7. The molecule has 0 radical (unpaired) electrons. The minimum atomic E-state index is -0.115. The van der Waals surface area contributed by atoms with Crippen LogP contribution in [0.1, 0.15) is 28.8 Å². The van der Waals surface area contributed by atoms with Crippen molar-refractivity contribution in [3.8, 4) is 11.5 Å². The lowest BCUT2D eigenvalue weighted by atomic mass is 9.91. The summed E-state index contributed by atoms with van der Waals surface area (Å²) in [5, 5.41) is 3.33. The third-order valence-corrected chi connectivity index (χ3v) is 5.68. The molecule has 142 valence electrons. The van der Waals surface area contributed by atoms with E-state index in [1.54, 1.807) is 7.11 Å². The average molecular weight is 366 g/mol. The molecule has 1 atom stereocenters. The molecule has 0 aliphatic carbocycles. The van der Waals surface area contributed by atoms with E-state index < -0.39 is 0 Å². The van der Waals surface area contributed by atoms with Crippen molar-refractivity contribution in [1.29, 1.82) is 0 Å². The molecule has 27 heavy (non-hydrogen) atoms. The third-order valence-electron chi connectivity index (χ3n) is 5.68. The summed E-state index contributed by atoms with van der Waals surface area (Å²) in [6, 6.07) is 15.6. The predicted molar refractivity (Wildman–Crippen MR) is 105 cm³/mol. The standard InChI is InChI=1S/C22H26N2O3/c1-26-18-6-8-19(9-7-18)27-15-14-24-13-12-22(16-24)11-10-17-4-2-3-5-20(17)21(25)23-22/h2-9H,10-16H2,1H3,(H,23,25). The van der Waals surface area contributed by atoms with Gasteiger partial charge in [-0.3, -0.25) is 9.69 Å². The highest BCUT2D eigenvalue weighted by Gasteiger charge is 2.40. The van der Waals surface area contributed by atoms with Gasteiger partial charge in [0.25, 0.3) is 5.91 Å². The summed E-state index contributed by atoms with van der Waals surface area (Å²) in [4.78, 5) is 15.0. The minimum Gasteiger partial charge on any atom is -0.497 e. The van der Waals surface area contributed by atoms with Gasteiger partial charge in [0.1, 0.15) is 18.1 Å². The maximum Gasteiger partial charge on any atom is 0.252 e. The first-order chi connectivity index (χ1) is 13.2. The predicted octanol–water partition coefficient (Wildman–Crippen LogP) is 2.89. The van der Waals surface area contributed by atoms with Gasteiger partial charge in [0.05, 0.1) is 12.6 Å². The van der Waals surface area contributed by atoms with Gasteiger partial charge in [0.2, 0.25) is 0 Å². The lowest BCUT2D eigenvalue weighted by Gasteiger charge is -2.29. The number of nitrogens with zero attached hydrogens (tertiary/aromatic N) is 1. The van der Waals surface area contributed by atoms with Gasteiger partial charge < -0.3 is 14.8 Å². The first-order valence-corrected chi connectivity index (χ1v) is 9.57. The Kier molecular flexibility index (Phi) is 5.03. The SMILES string of the molecule is COc1ccc(OCCN2CCC3(CCc4ccccc4C(=O)N3)C2)cc1. The molecule has 0 aromatic heterocycles. The largest absolute Gasteiger partial charge is 0.497 e.